The molecular weight excluding hydrogens is 857 g/mol. The van der Waals surface area contributed by atoms with E-state index in [1.165, 1.54) is 24.3 Å². The molecule has 0 bridgehead atoms. The van der Waals surface area contributed by atoms with Gasteiger partial charge in [0.05, 0.1) is 11.5 Å². The molecule has 2 aromatic rings. The molecule has 2 N–H and O–H groups in total. The third-order valence-electron chi connectivity index (χ3n) is 9.35. The van der Waals surface area contributed by atoms with E-state index < -0.39 is 41.6 Å². The van der Waals surface area contributed by atoms with Crippen molar-refractivity contribution in [2.75, 3.05) is 11.5 Å². The highest BCUT2D eigenvalue weighted by atomic mass is 35.5. The first-order valence-electron chi connectivity index (χ1n) is 17.7. The molecule has 5 rings (SSSR count). The van der Waals surface area contributed by atoms with E-state index in [-0.39, 0.29) is 89.0 Å². The van der Waals surface area contributed by atoms with E-state index in [2.05, 4.69) is 9.44 Å². The molecule has 8 nitrogen and oxygen atoms in total. The quantitative estimate of drug-likeness (QED) is 0.0838. The molecule has 0 aliphatic heterocycles. The minimum absolute atomic E-state index is 0.0218. The van der Waals surface area contributed by atoms with E-state index in [4.69, 9.17) is 69.6 Å². The number of sulfonamides is 2. The summed E-state index contributed by atoms with van der Waals surface area (Å²) in [4.78, 5) is 25.4. The Balaban J connectivity index is 1.56. The topological polar surface area (TPSA) is 126 Å². The zero-order valence-corrected chi connectivity index (χ0v) is 35.8. The zero-order chi connectivity index (χ0) is 39.6. The van der Waals surface area contributed by atoms with E-state index in [0.29, 0.717) is 12.8 Å². The predicted octanol–water partition coefficient (Wildman–Crippen LogP) is 10.3. The number of fused-ring (bicyclic) bond motifs is 2. The number of benzene rings is 2. The number of ketones is 2. The number of hydrogen-bond donors (Lipinski definition) is 2. The summed E-state index contributed by atoms with van der Waals surface area (Å²) in [5.41, 5.74) is 1.08. The van der Waals surface area contributed by atoms with E-state index in [1.807, 2.05) is 13.8 Å². The van der Waals surface area contributed by atoms with Gasteiger partial charge in [-0.3, -0.25) is 9.59 Å². The normalized spacial score (nSPS) is 21.9. The van der Waals surface area contributed by atoms with Crippen LogP contribution in [0.2, 0.25) is 0 Å². The first-order chi connectivity index (χ1) is 25.3. The molecule has 0 heterocycles. The monoisotopic (exact) mass is 894 g/mol. The van der Waals surface area contributed by atoms with Gasteiger partial charge in [0.1, 0.15) is 10.00 Å². The summed E-state index contributed by atoms with van der Waals surface area (Å²) < 4.78 is 56.8. The largest absolute Gasteiger partial charge is 0.289 e. The summed E-state index contributed by atoms with van der Waals surface area (Å²) in [6.45, 7) is 4.05. The van der Waals surface area contributed by atoms with Gasteiger partial charge in [0, 0.05) is 66.4 Å². The Kier molecular flexibility index (Phi) is 14.0. The van der Waals surface area contributed by atoms with Crippen molar-refractivity contribution in [2.45, 2.75) is 88.1 Å². The number of carbonyl (C=O) groups excluding carboxylic acids is 2. The van der Waals surface area contributed by atoms with Gasteiger partial charge in [0.2, 0.25) is 20.0 Å². The zero-order valence-electron chi connectivity index (χ0n) is 29.6. The Morgan fingerprint density at radius 1 is 0.574 bits per heavy atom. The third kappa shape index (κ3) is 9.69. The van der Waals surface area contributed by atoms with Gasteiger partial charge in [-0.2, -0.15) is 9.44 Å². The van der Waals surface area contributed by atoms with Crippen molar-refractivity contribution >= 4 is 112 Å². The molecule has 3 aliphatic carbocycles. The maximum absolute atomic E-state index is 14.4. The van der Waals surface area contributed by atoms with E-state index in [0.717, 1.165) is 38.5 Å². The molecule has 0 aromatic heterocycles. The highest BCUT2D eigenvalue weighted by Gasteiger charge is 2.42. The second-order valence-electron chi connectivity index (χ2n) is 13.7. The first kappa shape index (κ1) is 43.4. The Bertz CT molecular complexity index is 2060. The number of carbonyl (C=O) groups is 2. The molecule has 0 saturated heterocycles. The number of rotatable bonds is 16. The molecule has 0 saturated carbocycles. The average molecular weight is 898 g/mol. The SMILES string of the molecule is CCCCCCS(=O)(=O)NC1(Cl)C=C(Cl)C(c2ccc(C3=C(Cl)CC(Cl)(NS(=O)(=O)CCCCCC)C=C3Cl)c3c2C(=O)c2ccccc2C3=O)=C(Cl)C1. The molecule has 2 aromatic carbocycles. The van der Waals surface area contributed by atoms with Gasteiger partial charge in [-0.05, 0) is 36.1 Å². The number of alkyl halides is 2. The molecule has 0 amide bonds. The molecule has 0 fully saturated rings. The van der Waals surface area contributed by atoms with Crippen LogP contribution in [-0.2, 0) is 20.0 Å². The maximum Gasteiger partial charge on any atom is 0.213 e. The van der Waals surface area contributed by atoms with Crippen molar-refractivity contribution in [2.24, 2.45) is 0 Å². The summed E-state index contributed by atoms with van der Waals surface area (Å²) in [7, 11) is -7.63. The lowest BCUT2D eigenvalue weighted by molar-refractivity contribution is 0.0978. The van der Waals surface area contributed by atoms with E-state index in [9.17, 15) is 26.4 Å². The maximum atomic E-state index is 14.4. The summed E-state index contributed by atoms with van der Waals surface area (Å²) in [6, 6.07) is 9.47. The molecule has 3 aliphatic rings. The summed E-state index contributed by atoms with van der Waals surface area (Å²) in [5, 5.41) is 0.0421. The number of unbranched alkanes of at least 4 members (excludes halogenated alkanes) is 6. The van der Waals surface area contributed by atoms with Crippen LogP contribution >= 0.6 is 69.6 Å². The molecule has 16 heteroatoms. The fourth-order valence-electron chi connectivity index (χ4n) is 6.91. The summed E-state index contributed by atoms with van der Waals surface area (Å²) >= 11 is 41.0. The van der Waals surface area contributed by atoms with Crippen LogP contribution in [0.5, 0.6) is 0 Å². The summed E-state index contributed by atoms with van der Waals surface area (Å²) in [5.74, 6) is -1.25. The van der Waals surface area contributed by atoms with Crippen LogP contribution in [0, 0.1) is 0 Å². The summed E-state index contributed by atoms with van der Waals surface area (Å²) in [6.07, 6.45) is 8.36. The predicted molar refractivity (Wildman–Crippen MR) is 222 cm³/mol. The van der Waals surface area contributed by atoms with Crippen molar-refractivity contribution in [3.8, 4) is 0 Å². The fourth-order valence-corrected chi connectivity index (χ4v) is 12.8. The molecule has 2 unspecified atom stereocenters. The number of hydrogen-bond acceptors (Lipinski definition) is 6. The van der Waals surface area contributed by atoms with Crippen LogP contribution in [0.1, 0.15) is 121 Å². The highest BCUT2D eigenvalue weighted by molar-refractivity contribution is 7.89. The van der Waals surface area contributed by atoms with Gasteiger partial charge in [0.25, 0.3) is 0 Å². The van der Waals surface area contributed by atoms with Crippen molar-refractivity contribution in [3.05, 3.63) is 102 Å². The Labute approximate surface area is 347 Å². The molecule has 54 heavy (non-hydrogen) atoms. The molecular formula is C38H40Cl6N2O6S2. The van der Waals surface area contributed by atoms with Crippen LogP contribution in [0.3, 0.4) is 0 Å². The highest BCUT2D eigenvalue weighted by Crippen LogP contribution is 2.49. The third-order valence-corrected chi connectivity index (χ3v) is 14.5. The van der Waals surface area contributed by atoms with E-state index >= 15 is 0 Å². The van der Waals surface area contributed by atoms with Gasteiger partial charge < -0.3 is 0 Å². The fraction of sp³-hybridized carbons (Fsp3) is 0.421. The molecule has 292 valence electrons. The standard InChI is InChI=1S/C38H40Cl6N2O6S2/c1-3-5-7-11-17-53(49,50)45-37(43)19-27(39)31(28(40)20-37)25-15-16-26(34-33(25)35(47)23-13-9-10-14-24(23)36(34)48)32-29(41)21-38(44,22-30(32)42)46-54(51,52)18-12-8-6-4-2/h9-10,13-16,19,21,45-46H,3-8,11-12,17-18,20,22H2,1-2H3. The van der Waals surface area contributed by atoms with Crippen LogP contribution in [0.25, 0.3) is 11.1 Å². The van der Waals surface area contributed by atoms with Crippen molar-refractivity contribution in [1.29, 1.82) is 0 Å². The lowest BCUT2D eigenvalue weighted by atomic mass is 9.76. The Morgan fingerprint density at radius 3 is 1.28 bits per heavy atom. The second-order valence-corrected chi connectivity index (χ2v) is 20.5. The first-order valence-corrected chi connectivity index (χ1v) is 23.2. The Morgan fingerprint density at radius 2 is 0.944 bits per heavy atom. The lowest BCUT2D eigenvalue weighted by Gasteiger charge is -2.33. The smallest absolute Gasteiger partial charge is 0.213 e. The van der Waals surface area contributed by atoms with Crippen LogP contribution < -0.4 is 9.44 Å². The van der Waals surface area contributed by atoms with Crippen molar-refractivity contribution in [3.63, 3.8) is 0 Å². The van der Waals surface area contributed by atoms with Crippen LogP contribution in [0.4, 0.5) is 0 Å². The minimum atomic E-state index is -3.81. The van der Waals surface area contributed by atoms with Crippen LogP contribution in [-0.4, -0.2) is 49.9 Å². The number of allylic oxidation sites excluding steroid dienone is 4. The lowest BCUT2D eigenvalue weighted by Crippen LogP contribution is -2.44. The van der Waals surface area contributed by atoms with Gasteiger partial charge in [0.15, 0.2) is 11.6 Å². The average Bonchev–Trinajstić information content (AvgIpc) is 3.06. The second kappa shape index (κ2) is 17.4. The Hall–Kier alpha value is -1.70. The number of nitrogens with one attached hydrogen (secondary N) is 2. The van der Waals surface area contributed by atoms with Gasteiger partial charge in [-0.25, -0.2) is 16.8 Å². The molecule has 0 radical (unpaired) electrons. The van der Waals surface area contributed by atoms with Crippen molar-refractivity contribution in [1.82, 2.24) is 9.44 Å². The van der Waals surface area contributed by atoms with Gasteiger partial charge in [-0.15, -0.1) is 0 Å². The molecule has 0 spiro atoms. The van der Waals surface area contributed by atoms with Gasteiger partial charge in [-0.1, -0.05) is 158 Å². The van der Waals surface area contributed by atoms with Crippen molar-refractivity contribution < 1.29 is 26.4 Å². The number of halogens is 6. The van der Waals surface area contributed by atoms with Gasteiger partial charge >= 0.3 is 0 Å². The minimum Gasteiger partial charge on any atom is -0.289 e. The van der Waals surface area contributed by atoms with E-state index in [1.54, 1.807) is 24.3 Å². The van der Waals surface area contributed by atoms with Crippen LogP contribution in [0.15, 0.2) is 68.7 Å². The molecule has 2 atom stereocenters.